The highest BCUT2D eigenvalue weighted by Crippen LogP contribution is 2.65. The highest BCUT2D eigenvalue weighted by Gasteiger charge is 2.69. The van der Waals surface area contributed by atoms with Crippen LogP contribution in [0, 0.1) is 5.41 Å². The predicted octanol–water partition coefficient (Wildman–Crippen LogP) is 3.19. The number of carbonyl (C=O) groups is 2. The summed E-state index contributed by atoms with van der Waals surface area (Å²) >= 11 is 0. The van der Waals surface area contributed by atoms with Gasteiger partial charge in [-0.1, -0.05) is 48.5 Å². The fourth-order valence-electron chi connectivity index (χ4n) is 3.31. The van der Waals surface area contributed by atoms with Crippen molar-refractivity contribution in [2.24, 2.45) is 5.41 Å². The van der Waals surface area contributed by atoms with Gasteiger partial charge in [-0.15, -0.1) is 0 Å². The molecule has 21 heavy (non-hydrogen) atoms. The van der Waals surface area contributed by atoms with E-state index in [9.17, 15) is 9.59 Å². The molecule has 1 heterocycles. The van der Waals surface area contributed by atoms with Crippen LogP contribution in [0.25, 0.3) is 0 Å². The summed E-state index contributed by atoms with van der Waals surface area (Å²) in [6.07, 6.45) is 1.79. The van der Waals surface area contributed by atoms with Gasteiger partial charge in [-0.3, -0.25) is 14.5 Å². The van der Waals surface area contributed by atoms with Crippen LogP contribution >= 0.6 is 0 Å². The van der Waals surface area contributed by atoms with Crippen molar-refractivity contribution in [1.82, 2.24) is 4.90 Å². The maximum atomic E-state index is 12.6. The van der Waals surface area contributed by atoms with Gasteiger partial charge in [0.1, 0.15) is 0 Å². The van der Waals surface area contributed by atoms with Gasteiger partial charge < -0.3 is 0 Å². The predicted molar refractivity (Wildman–Crippen MR) is 78.5 cm³/mol. The first-order chi connectivity index (χ1) is 10.2. The van der Waals surface area contributed by atoms with Crippen molar-refractivity contribution in [2.75, 3.05) is 0 Å². The van der Waals surface area contributed by atoms with Crippen molar-refractivity contribution in [2.45, 2.75) is 18.9 Å². The standard InChI is InChI=1S/C18H15NO2/c20-16(14-9-5-2-6-10-14)19-15(13-7-3-1-4-8-13)18(11-12-18)17(19)21/h1-10,15H,11-12H2. The summed E-state index contributed by atoms with van der Waals surface area (Å²) in [4.78, 5) is 26.5. The molecule has 1 saturated heterocycles. The Labute approximate surface area is 123 Å². The number of carbonyl (C=O) groups excluding carboxylic acids is 2. The highest BCUT2D eigenvalue weighted by atomic mass is 16.2. The summed E-state index contributed by atoms with van der Waals surface area (Å²) in [5.41, 5.74) is 1.33. The lowest BCUT2D eigenvalue weighted by molar-refractivity contribution is -0.154. The van der Waals surface area contributed by atoms with E-state index in [1.165, 1.54) is 4.90 Å². The number of imide groups is 1. The molecule has 1 spiro atoms. The van der Waals surface area contributed by atoms with Crippen molar-refractivity contribution in [3.8, 4) is 0 Å². The van der Waals surface area contributed by atoms with Crippen LogP contribution in [0.5, 0.6) is 0 Å². The Morgan fingerprint density at radius 1 is 0.952 bits per heavy atom. The van der Waals surface area contributed by atoms with Gasteiger partial charge >= 0.3 is 0 Å². The molecule has 0 radical (unpaired) electrons. The lowest BCUT2D eigenvalue weighted by Gasteiger charge is -2.47. The minimum absolute atomic E-state index is 0.00907. The zero-order valence-corrected chi connectivity index (χ0v) is 11.5. The molecule has 1 unspecified atom stereocenters. The second-order valence-electron chi connectivity index (χ2n) is 5.82. The van der Waals surface area contributed by atoms with Gasteiger partial charge in [0.15, 0.2) is 0 Å². The van der Waals surface area contributed by atoms with Gasteiger partial charge in [-0.05, 0) is 30.5 Å². The molecule has 104 valence electrons. The first-order valence-electron chi connectivity index (χ1n) is 7.22. The van der Waals surface area contributed by atoms with Gasteiger partial charge in [-0.2, -0.15) is 0 Å². The second kappa shape index (κ2) is 4.29. The third-order valence-electron chi connectivity index (χ3n) is 4.57. The van der Waals surface area contributed by atoms with E-state index in [0.717, 1.165) is 18.4 Å². The van der Waals surface area contributed by atoms with Gasteiger partial charge in [0.25, 0.3) is 5.91 Å². The average molecular weight is 277 g/mol. The molecule has 1 saturated carbocycles. The summed E-state index contributed by atoms with van der Waals surface area (Å²) in [5.74, 6) is -0.197. The van der Waals surface area contributed by atoms with Crippen LogP contribution in [-0.2, 0) is 4.79 Å². The van der Waals surface area contributed by atoms with Crippen LogP contribution in [0.15, 0.2) is 60.7 Å². The first kappa shape index (κ1) is 12.3. The Morgan fingerprint density at radius 3 is 2.10 bits per heavy atom. The van der Waals surface area contributed by atoms with Crippen molar-refractivity contribution in [3.63, 3.8) is 0 Å². The third kappa shape index (κ3) is 1.67. The van der Waals surface area contributed by atoms with Gasteiger partial charge in [-0.25, -0.2) is 0 Å². The number of nitrogens with zero attached hydrogens (tertiary/aromatic N) is 1. The molecular formula is C18H15NO2. The fourth-order valence-corrected chi connectivity index (χ4v) is 3.31. The molecule has 1 aliphatic heterocycles. The number of amides is 2. The number of rotatable bonds is 2. The van der Waals surface area contributed by atoms with E-state index >= 15 is 0 Å². The molecule has 2 aliphatic rings. The van der Waals surface area contributed by atoms with Gasteiger partial charge in [0.2, 0.25) is 5.91 Å². The van der Waals surface area contributed by atoms with Crippen LogP contribution in [0.1, 0.15) is 34.8 Å². The summed E-state index contributed by atoms with van der Waals surface area (Å²) in [7, 11) is 0. The number of benzene rings is 2. The highest BCUT2D eigenvalue weighted by molar-refractivity contribution is 6.11. The maximum absolute atomic E-state index is 12.6. The normalized spacial score (nSPS) is 22.0. The van der Waals surface area contributed by atoms with E-state index in [1.54, 1.807) is 12.1 Å². The molecule has 3 nitrogen and oxygen atoms in total. The summed E-state index contributed by atoms with van der Waals surface area (Å²) in [6.45, 7) is 0. The first-order valence-corrected chi connectivity index (χ1v) is 7.22. The van der Waals surface area contributed by atoms with Crippen molar-refractivity contribution < 1.29 is 9.59 Å². The molecule has 2 fully saturated rings. The van der Waals surface area contributed by atoms with Crippen LogP contribution in [-0.4, -0.2) is 16.7 Å². The second-order valence-corrected chi connectivity index (χ2v) is 5.82. The van der Waals surface area contributed by atoms with Crippen LogP contribution in [0.2, 0.25) is 0 Å². The van der Waals surface area contributed by atoms with Gasteiger partial charge in [0, 0.05) is 5.56 Å². The van der Waals surface area contributed by atoms with E-state index in [2.05, 4.69) is 0 Å². The number of hydrogen-bond acceptors (Lipinski definition) is 2. The van der Waals surface area contributed by atoms with Crippen molar-refractivity contribution >= 4 is 11.8 Å². The van der Waals surface area contributed by atoms with E-state index in [4.69, 9.17) is 0 Å². The lowest BCUT2D eigenvalue weighted by Crippen LogP contribution is -2.59. The summed E-state index contributed by atoms with van der Waals surface area (Å²) in [6, 6.07) is 18.8. The fraction of sp³-hybridized carbons (Fsp3) is 0.222. The van der Waals surface area contributed by atoms with E-state index in [1.807, 2.05) is 48.5 Å². The molecule has 2 amide bonds. The molecule has 0 aromatic heterocycles. The van der Waals surface area contributed by atoms with Crippen molar-refractivity contribution in [3.05, 3.63) is 71.8 Å². The van der Waals surface area contributed by atoms with E-state index < -0.39 is 0 Å². The third-order valence-corrected chi connectivity index (χ3v) is 4.57. The zero-order chi connectivity index (χ0) is 14.4. The minimum atomic E-state index is -0.300. The van der Waals surface area contributed by atoms with Crippen LogP contribution in [0.4, 0.5) is 0 Å². The smallest absolute Gasteiger partial charge is 0.261 e. The molecule has 1 aliphatic carbocycles. The monoisotopic (exact) mass is 277 g/mol. The molecular weight excluding hydrogens is 262 g/mol. The topological polar surface area (TPSA) is 37.4 Å². The molecule has 2 aromatic carbocycles. The SMILES string of the molecule is O=C(c1ccccc1)N1C(=O)C2(CC2)C1c1ccccc1. The molecule has 2 aromatic rings. The lowest BCUT2D eigenvalue weighted by atomic mass is 9.78. The Morgan fingerprint density at radius 2 is 1.52 bits per heavy atom. The van der Waals surface area contributed by atoms with Gasteiger partial charge in [0.05, 0.1) is 11.5 Å². The minimum Gasteiger partial charge on any atom is -0.274 e. The number of β-lactam (4-membered cyclic amide) rings is 1. The largest absolute Gasteiger partial charge is 0.274 e. The van der Waals surface area contributed by atoms with Crippen LogP contribution in [0.3, 0.4) is 0 Å². The molecule has 0 bridgehead atoms. The Bertz CT molecular complexity index is 705. The van der Waals surface area contributed by atoms with E-state index in [-0.39, 0.29) is 23.3 Å². The quantitative estimate of drug-likeness (QED) is 0.624. The summed E-state index contributed by atoms with van der Waals surface area (Å²) < 4.78 is 0. The molecule has 4 rings (SSSR count). The maximum Gasteiger partial charge on any atom is 0.261 e. The summed E-state index contributed by atoms with van der Waals surface area (Å²) in [5, 5.41) is 0. The molecule has 3 heteroatoms. The Kier molecular flexibility index (Phi) is 2.52. The average Bonchev–Trinajstić information content (AvgIpc) is 3.36. The number of hydrogen-bond donors (Lipinski definition) is 0. The van der Waals surface area contributed by atoms with Crippen LogP contribution < -0.4 is 0 Å². The molecule has 1 atom stereocenters. The van der Waals surface area contributed by atoms with Crippen molar-refractivity contribution in [1.29, 1.82) is 0 Å². The van der Waals surface area contributed by atoms with E-state index in [0.29, 0.717) is 5.56 Å². The number of likely N-dealkylation sites (tertiary alicyclic amines) is 1. The Hall–Kier alpha value is -2.42. The molecule has 0 N–H and O–H groups in total. The Balaban J connectivity index is 1.71. The zero-order valence-electron chi connectivity index (χ0n) is 11.5.